The second-order valence-corrected chi connectivity index (χ2v) is 5.13. The average molecular weight is 302 g/mol. The zero-order valence-electron chi connectivity index (χ0n) is 11.1. The van der Waals surface area contributed by atoms with Crippen LogP contribution in [0, 0.1) is 5.82 Å². The van der Waals surface area contributed by atoms with Gasteiger partial charge < -0.3 is 11.1 Å². The van der Waals surface area contributed by atoms with E-state index >= 15 is 0 Å². The summed E-state index contributed by atoms with van der Waals surface area (Å²) in [4.78, 5) is 4.09. The van der Waals surface area contributed by atoms with Crippen LogP contribution in [-0.4, -0.2) is 4.98 Å². The number of pyridine rings is 1. The van der Waals surface area contributed by atoms with E-state index in [1.165, 1.54) is 6.07 Å². The maximum Gasteiger partial charge on any atom is 0.141 e. The lowest BCUT2D eigenvalue weighted by Gasteiger charge is -2.11. The maximum absolute atomic E-state index is 13.1. The van der Waals surface area contributed by atoms with Gasteiger partial charge in [-0.25, -0.2) is 4.39 Å². The summed E-state index contributed by atoms with van der Waals surface area (Å²) in [7, 11) is 0. The molecule has 0 unspecified atom stereocenters. The molecule has 0 spiro atoms. The third kappa shape index (κ3) is 2.76. The van der Waals surface area contributed by atoms with Crippen LogP contribution in [0.5, 0.6) is 0 Å². The van der Waals surface area contributed by atoms with Crippen molar-refractivity contribution in [3.8, 4) is 0 Å². The Morgan fingerprint density at radius 2 is 2.00 bits per heavy atom. The number of hydrogen-bond acceptors (Lipinski definition) is 3. The molecule has 3 rings (SSSR count). The number of rotatable bonds is 3. The van der Waals surface area contributed by atoms with Gasteiger partial charge in [-0.3, -0.25) is 4.98 Å². The summed E-state index contributed by atoms with van der Waals surface area (Å²) < 4.78 is 13.1. The predicted molar refractivity (Wildman–Crippen MR) is 84.9 cm³/mol. The average Bonchev–Trinajstić information content (AvgIpc) is 2.50. The van der Waals surface area contributed by atoms with Crippen molar-refractivity contribution in [2.45, 2.75) is 6.54 Å². The van der Waals surface area contributed by atoms with Gasteiger partial charge in [-0.1, -0.05) is 17.7 Å². The highest BCUT2D eigenvalue weighted by Crippen LogP contribution is 2.28. The van der Waals surface area contributed by atoms with Gasteiger partial charge in [-0.2, -0.15) is 0 Å². The number of nitrogens with zero attached hydrogens (tertiary/aromatic N) is 1. The van der Waals surface area contributed by atoms with E-state index in [1.807, 2.05) is 18.2 Å². The maximum atomic E-state index is 13.1. The number of nitrogens with one attached hydrogen (secondary N) is 1. The van der Waals surface area contributed by atoms with Gasteiger partial charge in [-0.15, -0.1) is 0 Å². The highest BCUT2D eigenvalue weighted by molar-refractivity contribution is 6.30. The van der Waals surface area contributed by atoms with Crippen molar-refractivity contribution in [1.82, 2.24) is 4.98 Å². The highest BCUT2D eigenvalue weighted by Gasteiger charge is 2.05. The Balaban J connectivity index is 1.88. The first-order chi connectivity index (χ1) is 10.1. The molecule has 2 aromatic carbocycles. The molecule has 106 valence electrons. The lowest BCUT2D eigenvalue weighted by molar-refractivity contribution is 0.627. The summed E-state index contributed by atoms with van der Waals surface area (Å²) in [5.74, 6) is -0.413. The van der Waals surface area contributed by atoms with Crippen LogP contribution in [0.3, 0.4) is 0 Å². The minimum Gasteiger partial charge on any atom is -0.398 e. The van der Waals surface area contributed by atoms with Gasteiger partial charge in [0.2, 0.25) is 0 Å². The largest absolute Gasteiger partial charge is 0.398 e. The molecule has 0 aliphatic heterocycles. The number of halogens is 2. The minimum absolute atomic E-state index is 0.126. The molecule has 0 aliphatic rings. The molecule has 21 heavy (non-hydrogen) atoms. The summed E-state index contributed by atoms with van der Waals surface area (Å²) in [5, 5.41) is 5.34. The molecule has 0 radical (unpaired) electrons. The standard InChI is InChI=1S/C16H13ClFN3/c17-13-7-10(1-2-14(13)18)8-21-16-4-3-15(19)12-9-20-6-5-11(12)16/h1-7,9,21H,8,19H2. The Labute approximate surface area is 126 Å². The van der Waals surface area contributed by atoms with Gasteiger partial charge in [0.05, 0.1) is 5.02 Å². The fraction of sp³-hybridized carbons (Fsp3) is 0.0625. The summed E-state index contributed by atoms with van der Waals surface area (Å²) >= 11 is 5.78. The van der Waals surface area contributed by atoms with E-state index in [-0.39, 0.29) is 5.02 Å². The van der Waals surface area contributed by atoms with Crippen LogP contribution in [0.4, 0.5) is 15.8 Å². The first kappa shape index (κ1) is 13.6. The van der Waals surface area contributed by atoms with Crippen LogP contribution in [0.25, 0.3) is 10.8 Å². The van der Waals surface area contributed by atoms with E-state index in [0.717, 1.165) is 22.0 Å². The van der Waals surface area contributed by atoms with Gasteiger partial charge in [0.1, 0.15) is 5.82 Å². The number of anilines is 2. The minimum atomic E-state index is -0.413. The number of aromatic nitrogens is 1. The van der Waals surface area contributed by atoms with E-state index in [4.69, 9.17) is 17.3 Å². The number of nitrogens with two attached hydrogens (primary N) is 1. The third-order valence-corrected chi connectivity index (χ3v) is 3.61. The molecule has 3 nitrogen and oxygen atoms in total. The fourth-order valence-corrected chi connectivity index (χ4v) is 2.42. The second-order valence-electron chi connectivity index (χ2n) is 4.73. The summed E-state index contributed by atoms with van der Waals surface area (Å²) in [6.45, 7) is 0.543. The van der Waals surface area contributed by atoms with Crippen LogP contribution < -0.4 is 11.1 Å². The topological polar surface area (TPSA) is 50.9 Å². The lowest BCUT2D eigenvalue weighted by Crippen LogP contribution is -2.01. The quantitative estimate of drug-likeness (QED) is 0.712. The first-order valence-electron chi connectivity index (χ1n) is 6.45. The van der Waals surface area contributed by atoms with Crippen molar-refractivity contribution < 1.29 is 4.39 Å². The molecule has 0 fully saturated rings. The molecule has 0 saturated carbocycles. The van der Waals surface area contributed by atoms with E-state index in [1.54, 1.807) is 24.5 Å². The van der Waals surface area contributed by atoms with E-state index in [2.05, 4.69) is 10.3 Å². The van der Waals surface area contributed by atoms with Crippen LogP contribution in [-0.2, 0) is 6.54 Å². The highest BCUT2D eigenvalue weighted by atomic mass is 35.5. The molecule has 3 aromatic rings. The predicted octanol–water partition coefficient (Wildman–Crippen LogP) is 4.22. The molecule has 0 bridgehead atoms. The van der Waals surface area contributed by atoms with Gasteiger partial charge >= 0.3 is 0 Å². The Kier molecular flexibility index (Phi) is 3.62. The Morgan fingerprint density at radius 1 is 1.14 bits per heavy atom. The lowest BCUT2D eigenvalue weighted by atomic mass is 10.1. The van der Waals surface area contributed by atoms with Crippen LogP contribution in [0.2, 0.25) is 5.02 Å². The van der Waals surface area contributed by atoms with Gasteiger partial charge in [0.15, 0.2) is 0 Å². The molecular formula is C16H13ClFN3. The second kappa shape index (κ2) is 5.58. The van der Waals surface area contributed by atoms with Gasteiger partial charge in [0.25, 0.3) is 0 Å². The van der Waals surface area contributed by atoms with E-state index in [9.17, 15) is 4.39 Å². The van der Waals surface area contributed by atoms with E-state index < -0.39 is 5.82 Å². The Hall–Kier alpha value is -2.33. The molecule has 1 aromatic heterocycles. The van der Waals surface area contributed by atoms with Crippen LogP contribution in [0.1, 0.15) is 5.56 Å². The molecule has 3 N–H and O–H groups in total. The molecule has 1 heterocycles. The zero-order valence-corrected chi connectivity index (χ0v) is 11.9. The monoisotopic (exact) mass is 301 g/mol. The molecule has 0 aliphatic carbocycles. The number of fused-ring (bicyclic) bond motifs is 1. The van der Waals surface area contributed by atoms with Gasteiger partial charge in [0, 0.05) is 41.1 Å². The molecule has 0 atom stereocenters. The van der Waals surface area contributed by atoms with Crippen molar-refractivity contribution in [3.05, 3.63) is 65.2 Å². The SMILES string of the molecule is Nc1ccc(NCc2ccc(F)c(Cl)c2)c2ccncc12. The normalized spacial score (nSPS) is 10.8. The molecular weight excluding hydrogens is 289 g/mol. The third-order valence-electron chi connectivity index (χ3n) is 3.32. The fourth-order valence-electron chi connectivity index (χ4n) is 2.21. The summed E-state index contributed by atoms with van der Waals surface area (Å²) in [5.41, 5.74) is 8.48. The van der Waals surface area contributed by atoms with E-state index in [0.29, 0.717) is 12.2 Å². The molecule has 5 heteroatoms. The summed E-state index contributed by atoms with van der Waals surface area (Å²) in [6, 6.07) is 10.4. The molecule has 0 amide bonds. The van der Waals surface area contributed by atoms with Gasteiger partial charge in [-0.05, 0) is 35.9 Å². The van der Waals surface area contributed by atoms with Crippen molar-refractivity contribution in [2.24, 2.45) is 0 Å². The molecule has 0 saturated heterocycles. The van der Waals surface area contributed by atoms with Crippen molar-refractivity contribution >= 4 is 33.7 Å². The summed E-state index contributed by atoms with van der Waals surface area (Å²) in [6.07, 6.45) is 3.46. The van der Waals surface area contributed by atoms with Crippen LogP contribution >= 0.6 is 11.6 Å². The first-order valence-corrected chi connectivity index (χ1v) is 6.83. The van der Waals surface area contributed by atoms with Crippen LogP contribution in [0.15, 0.2) is 48.8 Å². The van der Waals surface area contributed by atoms with Crippen molar-refractivity contribution in [3.63, 3.8) is 0 Å². The number of nitrogen functional groups attached to an aromatic ring is 1. The number of hydrogen-bond donors (Lipinski definition) is 2. The number of benzene rings is 2. The Morgan fingerprint density at radius 3 is 2.81 bits per heavy atom. The van der Waals surface area contributed by atoms with Crippen molar-refractivity contribution in [2.75, 3.05) is 11.1 Å². The Bertz CT molecular complexity index is 805. The van der Waals surface area contributed by atoms with Crippen molar-refractivity contribution in [1.29, 1.82) is 0 Å². The smallest absolute Gasteiger partial charge is 0.141 e. The zero-order chi connectivity index (χ0) is 14.8.